The maximum Gasteiger partial charge on any atom is 0.416 e. The summed E-state index contributed by atoms with van der Waals surface area (Å²) in [6.45, 7) is 1.98. The molecule has 0 N–H and O–H groups in total. The Morgan fingerprint density at radius 1 is 0.750 bits per heavy atom. The molecule has 1 rings (SSSR count). The normalized spacial score (nSPS) is 12.8. The van der Waals surface area contributed by atoms with Gasteiger partial charge in [0.2, 0.25) is 0 Å². The molecule has 0 unspecified atom stereocenters. The Kier molecular flexibility index (Phi) is 5.48. The van der Waals surface area contributed by atoms with Crippen LogP contribution in [0.25, 0.3) is 0 Å². The van der Waals surface area contributed by atoms with Gasteiger partial charge >= 0.3 is 12.4 Å². The standard InChI is InChI=1S/C14H16F6/c1-2-3-4-5-6-10-7-11(13(15,16)17)9-12(8-10)14(18,19)20/h7-9H,2-6H2,1H3. The van der Waals surface area contributed by atoms with Crippen molar-refractivity contribution in [3.63, 3.8) is 0 Å². The van der Waals surface area contributed by atoms with Gasteiger partial charge in [0.1, 0.15) is 0 Å². The summed E-state index contributed by atoms with van der Waals surface area (Å²) in [5.41, 5.74) is -2.39. The Labute approximate surface area is 113 Å². The fourth-order valence-corrected chi connectivity index (χ4v) is 1.92. The molecule has 20 heavy (non-hydrogen) atoms. The molecule has 6 heteroatoms. The first kappa shape index (κ1) is 16.9. The molecular weight excluding hydrogens is 282 g/mol. The highest BCUT2D eigenvalue weighted by molar-refractivity contribution is 5.33. The molecule has 0 saturated carbocycles. The highest BCUT2D eigenvalue weighted by Crippen LogP contribution is 2.36. The summed E-state index contributed by atoms with van der Waals surface area (Å²) < 4.78 is 75.7. The Balaban J connectivity index is 2.99. The molecule has 1 aromatic carbocycles. The highest BCUT2D eigenvalue weighted by Gasteiger charge is 2.36. The zero-order valence-corrected chi connectivity index (χ0v) is 11.0. The van der Waals surface area contributed by atoms with Crippen molar-refractivity contribution in [1.82, 2.24) is 0 Å². The number of benzene rings is 1. The summed E-state index contributed by atoms with van der Waals surface area (Å²) in [6.07, 6.45) is -6.03. The summed E-state index contributed by atoms with van der Waals surface area (Å²) in [6, 6.07) is 1.78. The summed E-state index contributed by atoms with van der Waals surface area (Å²) >= 11 is 0. The van der Waals surface area contributed by atoms with E-state index >= 15 is 0 Å². The van der Waals surface area contributed by atoms with E-state index in [9.17, 15) is 26.3 Å². The predicted molar refractivity (Wildman–Crippen MR) is 64.3 cm³/mol. The van der Waals surface area contributed by atoms with Gasteiger partial charge in [-0.15, -0.1) is 0 Å². The lowest BCUT2D eigenvalue weighted by atomic mass is 10.00. The molecule has 0 aliphatic rings. The second kappa shape index (κ2) is 6.50. The minimum absolute atomic E-state index is 0.0863. The molecule has 0 saturated heterocycles. The van der Waals surface area contributed by atoms with Gasteiger partial charge in [-0.05, 0) is 36.6 Å². The van der Waals surface area contributed by atoms with Crippen molar-refractivity contribution in [3.05, 3.63) is 34.9 Å². The van der Waals surface area contributed by atoms with Crippen molar-refractivity contribution in [2.75, 3.05) is 0 Å². The van der Waals surface area contributed by atoms with Gasteiger partial charge in [0.25, 0.3) is 0 Å². The number of aryl methyl sites for hydroxylation is 1. The molecule has 0 nitrogen and oxygen atoms in total. The number of unbranched alkanes of at least 4 members (excludes halogenated alkanes) is 3. The van der Waals surface area contributed by atoms with Crippen LogP contribution in [0.4, 0.5) is 26.3 Å². The first-order valence-corrected chi connectivity index (χ1v) is 6.43. The Morgan fingerprint density at radius 2 is 1.25 bits per heavy atom. The van der Waals surface area contributed by atoms with E-state index < -0.39 is 23.5 Å². The van der Waals surface area contributed by atoms with E-state index in [1.807, 2.05) is 6.92 Å². The van der Waals surface area contributed by atoms with Crippen molar-refractivity contribution >= 4 is 0 Å². The molecule has 0 bridgehead atoms. The van der Waals surface area contributed by atoms with Gasteiger partial charge in [0.05, 0.1) is 11.1 Å². The highest BCUT2D eigenvalue weighted by atomic mass is 19.4. The van der Waals surface area contributed by atoms with Gasteiger partial charge in [-0.2, -0.15) is 26.3 Å². The van der Waals surface area contributed by atoms with Crippen molar-refractivity contribution in [2.24, 2.45) is 0 Å². The van der Waals surface area contributed by atoms with Crippen LogP contribution in [0.15, 0.2) is 18.2 Å². The van der Waals surface area contributed by atoms with E-state index in [4.69, 9.17) is 0 Å². The summed E-state index contributed by atoms with van der Waals surface area (Å²) in [5, 5.41) is 0. The van der Waals surface area contributed by atoms with Crippen molar-refractivity contribution < 1.29 is 26.3 Å². The first-order valence-electron chi connectivity index (χ1n) is 6.43. The fourth-order valence-electron chi connectivity index (χ4n) is 1.92. The predicted octanol–water partition coefficient (Wildman–Crippen LogP) is 5.85. The fraction of sp³-hybridized carbons (Fsp3) is 0.571. The van der Waals surface area contributed by atoms with Crippen LogP contribution in [0.2, 0.25) is 0 Å². The number of hydrogen-bond acceptors (Lipinski definition) is 0. The monoisotopic (exact) mass is 298 g/mol. The molecule has 0 aliphatic heterocycles. The van der Waals surface area contributed by atoms with E-state index in [0.29, 0.717) is 6.42 Å². The summed E-state index contributed by atoms with van der Waals surface area (Å²) in [4.78, 5) is 0. The SMILES string of the molecule is CCCCCCc1cc(C(F)(F)F)cc(C(F)(F)F)c1. The van der Waals surface area contributed by atoms with Crippen LogP contribution in [-0.2, 0) is 18.8 Å². The Bertz CT molecular complexity index is 398. The number of alkyl halides is 6. The largest absolute Gasteiger partial charge is 0.416 e. The maximum absolute atomic E-state index is 12.6. The molecule has 0 heterocycles. The van der Waals surface area contributed by atoms with Crippen molar-refractivity contribution in [2.45, 2.75) is 51.4 Å². The second-order valence-corrected chi connectivity index (χ2v) is 4.72. The number of halogens is 6. The quantitative estimate of drug-likeness (QED) is 0.472. The van der Waals surface area contributed by atoms with Gasteiger partial charge in [0, 0.05) is 0 Å². The molecule has 0 amide bonds. The van der Waals surface area contributed by atoms with Gasteiger partial charge in [-0.1, -0.05) is 26.2 Å². The Hall–Kier alpha value is -1.20. The van der Waals surface area contributed by atoms with Crippen LogP contribution < -0.4 is 0 Å². The average molecular weight is 298 g/mol. The van der Waals surface area contributed by atoms with Gasteiger partial charge in [0.15, 0.2) is 0 Å². The molecule has 0 aromatic heterocycles. The molecule has 0 spiro atoms. The van der Waals surface area contributed by atoms with Crippen molar-refractivity contribution in [3.8, 4) is 0 Å². The van der Waals surface area contributed by atoms with E-state index in [2.05, 4.69) is 0 Å². The van der Waals surface area contributed by atoms with Crippen LogP contribution >= 0.6 is 0 Å². The maximum atomic E-state index is 12.6. The number of rotatable bonds is 5. The van der Waals surface area contributed by atoms with Crippen LogP contribution in [0.3, 0.4) is 0 Å². The molecule has 0 fully saturated rings. The van der Waals surface area contributed by atoms with E-state index in [1.54, 1.807) is 0 Å². The third-order valence-corrected chi connectivity index (χ3v) is 2.97. The molecule has 1 aromatic rings. The topological polar surface area (TPSA) is 0 Å². The third-order valence-electron chi connectivity index (χ3n) is 2.97. The van der Waals surface area contributed by atoms with Crippen LogP contribution in [0, 0.1) is 0 Å². The molecule has 0 aliphatic carbocycles. The summed E-state index contributed by atoms with van der Waals surface area (Å²) in [7, 11) is 0. The average Bonchev–Trinajstić information content (AvgIpc) is 2.32. The second-order valence-electron chi connectivity index (χ2n) is 4.72. The minimum Gasteiger partial charge on any atom is -0.166 e. The molecule has 0 radical (unpaired) electrons. The zero-order chi connectivity index (χ0) is 15.4. The minimum atomic E-state index is -4.76. The van der Waals surface area contributed by atoms with Gasteiger partial charge < -0.3 is 0 Å². The van der Waals surface area contributed by atoms with E-state index in [-0.39, 0.29) is 18.1 Å². The van der Waals surface area contributed by atoms with E-state index in [1.165, 1.54) is 0 Å². The molecule has 0 atom stereocenters. The Morgan fingerprint density at radius 3 is 1.65 bits per heavy atom. The van der Waals surface area contributed by atoms with Crippen LogP contribution in [0.1, 0.15) is 49.3 Å². The third kappa shape index (κ3) is 5.06. The number of hydrogen-bond donors (Lipinski definition) is 0. The van der Waals surface area contributed by atoms with Gasteiger partial charge in [-0.25, -0.2) is 0 Å². The lowest BCUT2D eigenvalue weighted by molar-refractivity contribution is -0.143. The van der Waals surface area contributed by atoms with E-state index in [0.717, 1.165) is 31.4 Å². The van der Waals surface area contributed by atoms with Crippen molar-refractivity contribution in [1.29, 1.82) is 0 Å². The summed E-state index contributed by atoms with van der Waals surface area (Å²) in [5.74, 6) is 0. The smallest absolute Gasteiger partial charge is 0.166 e. The molecular formula is C14H16F6. The van der Waals surface area contributed by atoms with Crippen LogP contribution in [-0.4, -0.2) is 0 Å². The lowest BCUT2D eigenvalue weighted by Gasteiger charge is -2.14. The van der Waals surface area contributed by atoms with Gasteiger partial charge in [-0.3, -0.25) is 0 Å². The molecule has 114 valence electrons. The lowest BCUT2D eigenvalue weighted by Crippen LogP contribution is -2.11. The zero-order valence-electron chi connectivity index (χ0n) is 11.0. The first-order chi connectivity index (χ1) is 9.14. The van der Waals surface area contributed by atoms with Crippen LogP contribution in [0.5, 0.6) is 0 Å².